The molecular formula is C27H21BrCl2N4O2S. The first-order valence-corrected chi connectivity index (χ1v) is 13.9. The predicted molar refractivity (Wildman–Crippen MR) is 154 cm³/mol. The summed E-state index contributed by atoms with van der Waals surface area (Å²) in [6.07, 6.45) is 0.583. The lowest BCUT2D eigenvalue weighted by Crippen LogP contribution is -2.32. The third-order valence-electron chi connectivity index (χ3n) is 6.22. The average molecular weight is 616 g/mol. The number of thioether (sulfide) groups is 1. The van der Waals surface area contributed by atoms with E-state index in [1.165, 1.54) is 12.1 Å². The van der Waals surface area contributed by atoms with E-state index in [1.54, 1.807) is 11.1 Å². The molecule has 0 aliphatic carbocycles. The molecule has 2 heterocycles. The molecule has 1 fully saturated rings. The van der Waals surface area contributed by atoms with Gasteiger partial charge in [-0.1, -0.05) is 92.9 Å². The summed E-state index contributed by atoms with van der Waals surface area (Å²) in [4.78, 5) is 27.1. The second-order valence-electron chi connectivity index (χ2n) is 8.84. The highest BCUT2D eigenvalue weighted by Gasteiger charge is 2.42. The molecule has 188 valence electrons. The van der Waals surface area contributed by atoms with Crippen molar-refractivity contribution in [1.29, 1.82) is 5.41 Å². The molecule has 1 saturated heterocycles. The lowest BCUT2D eigenvalue weighted by Gasteiger charge is -2.24. The zero-order chi connectivity index (χ0) is 26.3. The highest BCUT2D eigenvalue weighted by atomic mass is 79.9. The lowest BCUT2D eigenvalue weighted by atomic mass is 9.98. The van der Waals surface area contributed by atoms with Gasteiger partial charge in [-0.2, -0.15) is 5.10 Å². The van der Waals surface area contributed by atoms with Crippen LogP contribution in [0.3, 0.4) is 0 Å². The molecule has 0 spiro atoms. The molecule has 0 radical (unpaired) electrons. The van der Waals surface area contributed by atoms with Crippen LogP contribution in [-0.2, 0) is 9.59 Å². The number of halogens is 3. The Morgan fingerprint density at radius 1 is 1.00 bits per heavy atom. The molecule has 1 N–H and O–H groups in total. The molecule has 2 aliphatic rings. The summed E-state index contributed by atoms with van der Waals surface area (Å²) < 4.78 is 0.959. The fourth-order valence-electron chi connectivity index (χ4n) is 4.39. The molecule has 0 bridgehead atoms. The Balaban J connectivity index is 1.40. The van der Waals surface area contributed by atoms with E-state index in [1.807, 2.05) is 55.5 Å². The zero-order valence-electron chi connectivity index (χ0n) is 19.6. The molecule has 3 aromatic rings. The Hall–Kier alpha value is -2.65. The first-order chi connectivity index (χ1) is 17.7. The second-order valence-corrected chi connectivity index (χ2v) is 11.8. The number of hydrazone groups is 1. The van der Waals surface area contributed by atoms with Crippen LogP contribution in [0.15, 0.2) is 76.3 Å². The van der Waals surface area contributed by atoms with Crippen LogP contribution in [0.2, 0.25) is 10.0 Å². The second kappa shape index (κ2) is 10.6. The topological polar surface area (TPSA) is 76.8 Å². The molecule has 10 heteroatoms. The Bertz CT molecular complexity index is 1410. The minimum atomic E-state index is -0.748. The van der Waals surface area contributed by atoms with Gasteiger partial charge >= 0.3 is 0 Å². The average Bonchev–Trinajstić information content (AvgIpc) is 3.40. The number of nitrogens with one attached hydrogen (secondary N) is 1. The maximum Gasteiger partial charge on any atom is 0.247 e. The van der Waals surface area contributed by atoms with Gasteiger partial charge in [-0.3, -0.25) is 15.0 Å². The minimum Gasteiger partial charge on any atom is -0.277 e. The Labute approximate surface area is 237 Å². The normalized spacial score (nSPS) is 19.5. The summed E-state index contributed by atoms with van der Waals surface area (Å²) in [5, 5.41) is 15.4. The van der Waals surface area contributed by atoms with Crippen molar-refractivity contribution < 1.29 is 9.59 Å². The van der Waals surface area contributed by atoms with E-state index in [4.69, 9.17) is 33.7 Å². The number of nitrogens with zero attached hydrogens (tertiary/aromatic N) is 3. The number of hydrogen-bond donors (Lipinski definition) is 1. The number of amides is 2. The Morgan fingerprint density at radius 2 is 1.65 bits per heavy atom. The predicted octanol–water partition coefficient (Wildman–Crippen LogP) is 7.22. The SMILES string of the molecule is Cc1ccc(C2=NN(C(=N)S[C@@H]3CC(=O)N(c4cc(Cl)cc(Cl)c4)C3=O)[C@H](c3ccc(Br)cc3)C2)cc1. The molecule has 6 nitrogen and oxygen atoms in total. The zero-order valence-corrected chi connectivity index (χ0v) is 23.5. The molecule has 5 rings (SSSR count). The summed E-state index contributed by atoms with van der Waals surface area (Å²) in [5.74, 6) is -0.761. The number of anilines is 1. The highest BCUT2D eigenvalue weighted by molar-refractivity contribution is 9.10. The van der Waals surface area contributed by atoms with Gasteiger partial charge in [0.25, 0.3) is 0 Å². The van der Waals surface area contributed by atoms with Crippen LogP contribution < -0.4 is 4.90 Å². The monoisotopic (exact) mass is 614 g/mol. The number of imide groups is 1. The van der Waals surface area contributed by atoms with E-state index in [9.17, 15) is 9.59 Å². The number of amidine groups is 1. The Kier molecular flexibility index (Phi) is 7.45. The molecule has 2 aliphatic heterocycles. The molecule has 37 heavy (non-hydrogen) atoms. The third-order valence-corrected chi connectivity index (χ3v) is 8.25. The first kappa shape index (κ1) is 26.0. The number of hydrogen-bond acceptors (Lipinski definition) is 5. The van der Waals surface area contributed by atoms with E-state index in [-0.39, 0.29) is 23.5 Å². The largest absolute Gasteiger partial charge is 0.277 e. The van der Waals surface area contributed by atoms with Crippen LogP contribution in [0.4, 0.5) is 5.69 Å². The summed E-state index contributed by atoms with van der Waals surface area (Å²) in [6, 6.07) is 20.4. The van der Waals surface area contributed by atoms with Gasteiger partial charge in [-0.15, -0.1) is 0 Å². The van der Waals surface area contributed by atoms with Gasteiger partial charge in [-0.05, 0) is 48.4 Å². The van der Waals surface area contributed by atoms with E-state index in [2.05, 4.69) is 15.9 Å². The van der Waals surface area contributed by atoms with Crippen molar-refractivity contribution in [2.45, 2.75) is 31.1 Å². The Morgan fingerprint density at radius 3 is 2.30 bits per heavy atom. The van der Waals surface area contributed by atoms with Crippen LogP contribution in [0.1, 0.15) is 35.6 Å². The number of benzene rings is 3. The van der Waals surface area contributed by atoms with Gasteiger partial charge in [-0.25, -0.2) is 9.91 Å². The van der Waals surface area contributed by atoms with Gasteiger partial charge < -0.3 is 0 Å². The summed E-state index contributed by atoms with van der Waals surface area (Å²) in [7, 11) is 0. The minimum absolute atomic E-state index is 0.0265. The van der Waals surface area contributed by atoms with E-state index >= 15 is 0 Å². The molecule has 0 unspecified atom stereocenters. The maximum atomic E-state index is 13.2. The number of carbonyl (C=O) groups is 2. The van der Waals surface area contributed by atoms with Crippen LogP contribution in [-0.4, -0.2) is 33.0 Å². The quantitative estimate of drug-likeness (QED) is 0.191. The first-order valence-electron chi connectivity index (χ1n) is 11.5. The number of rotatable bonds is 4. The van der Waals surface area contributed by atoms with Gasteiger partial charge in [0.1, 0.15) is 5.25 Å². The van der Waals surface area contributed by atoms with Gasteiger partial charge in [0.05, 0.1) is 17.4 Å². The van der Waals surface area contributed by atoms with Crippen molar-refractivity contribution in [3.8, 4) is 0 Å². The van der Waals surface area contributed by atoms with Gasteiger partial charge in [0.2, 0.25) is 11.8 Å². The van der Waals surface area contributed by atoms with E-state index < -0.39 is 11.2 Å². The number of carbonyl (C=O) groups excluding carboxylic acids is 2. The smallest absolute Gasteiger partial charge is 0.247 e. The molecule has 0 aromatic heterocycles. The van der Waals surface area contributed by atoms with E-state index in [0.717, 1.165) is 43.5 Å². The summed E-state index contributed by atoms with van der Waals surface area (Å²) >= 11 is 16.7. The van der Waals surface area contributed by atoms with Crippen LogP contribution in [0.5, 0.6) is 0 Å². The third kappa shape index (κ3) is 5.48. The molecule has 2 atom stereocenters. The number of aryl methyl sites for hydroxylation is 1. The molecule has 3 aromatic carbocycles. The van der Waals surface area contributed by atoms with Crippen molar-refractivity contribution in [3.05, 3.63) is 97.9 Å². The standard InChI is InChI=1S/C27H21BrCl2N4O2S/c1-15-2-4-16(5-3-15)22-13-23(17-6-8-18(28)9-7-17)34(32-22)27(31)37-24-14-25(35)33(26(24)36)21-11-19(29)10-20(30)12-21/h2-12,23-24,31H,13-14H2,1H3/t23-,24+/m0/s1. The highest BCUT2D eigenvalue weighted by Crippen LogP contribution is 2.38. The van der Waals surface area contributed by atoms with Crippen molar-refractivity contribution in [2.24, 2.45) is 5.10 Å². The molecule has 0 saturated carbocycles. The van der Waals surface area contributed by atoms with Crippen LogP contribution in [0.25, 0.3) is 0 Å². The summed E-state index contributed by atoms with van der Waals surface area (Å²) in [6.45, 7) is 2.03. The van der Waals surface area contributed by atoms with Crippen LogP contribution >= 0.6 is 50.9 Å². The maximum absolute atomic E-state index is 13.2. The van der Waals surface area contributed by atoms with Crippen molar-refractivity contribution in [3.63, 3.8) is 0 Å². The lowest BCUT2D eigenvalue weighted by molar-refractivity contribution is -0.121. The van der Waals surface area contributed by atoms with Crippen molar-refractivity contribution in [2.75, 3.05) is 4.90 Å². The van der Waals surface area contributed by atoms with Gasteiger partial charge in [0, 0.05) is 27.4 Å². The van der Waals surface area contributed by atoms with Crippen LogP contribution in [0, 0.1) is 12.3 Å². The summed E-state index contributed by atoms with van der Waals surface area (Å²) in [5.41, 5.74) is 4.34. The fourth-order valence-corrected chi connectivity index (χ4v) is 6.14. The molecular weight excluding hydrogens is 595 g/mol. The van der Waals surface area contributed by atoms with Gasteiger partial charge in [0.15, 0.2) is 5.17 Å². The van der Waals surface area contributed by atoms with Crippen molar-refractivity contribution >= 4 is 79.3 Å². The van der Waals surface area contributed by atoms with Crippen molar-refractivity contribution in [1.82, 2.24) is 5.01 Å². The molecule has 2 amide bonds. The fraction of sp³-hybridized carbons (Fsp3) is 0.185. The van der Waals surface area contributed by atoms with E-state index in [0.29, 0.717) is 22.2 Å².